The fourth-order valence-electron chi connectivity index (χ4n) is 4.73. The minimum Gasteiger partial charge on any atom is -0.376 e. The van der Waals surface area contributed by atoms with Crippen molar-refractivity contribution < 1.29 is 19.1 Å². The molecule has 2 aliphatic heterocycles. The van der Waals surface area contributed by atoms with Gasteiger partial charge in [0.25, 0.3) is 11.8 Å². The number of ether oxygens (including phenoxy) is 1. The van der Waals surface area contributed by atoms with Crippen LogP contribution in [0, 0.1) is 0 Å². The van der Waals surface area contributed by atoms with Gasteiger partial charge in [-0.3, -0.25) is 19.1 Å². The lowest BCUT2D eigenvalue weighted by molar-refractivity contribution is -0.121. The van der Waals surface area contributed by atoms with Crippen molar-refractivity contribution in [1.29, 1.82) is 0 Å². The molecule has 0 saturated carbocycles. The summed E-state index contributed by atoms with van der Waals surface area (Å²) in [5.74, 6) is -0.468. The Morgan fingerprint density at radius 1 is 1.22 bits per heavy atom. The lowest BCUT2D eigenvalue weighted by Gasteiger charge is -2.28. The van der Waals surface area contributed by atoms with Crippen LogP contribution < -0.4 is 5.32 Å². The first-order valence-corrected chi connectivity index (χ1v) is 13.1. The third kappa shape index (κ3) is 6.32. The smallest absolute Gasteiger partial charge is 0.274 e. The van der Waals surface area contributed by atoms with Gasteiger partial charge in [-0.15, -0.1) is 0 Å². The number of aryl methyl sites for hydroxylation is 1. The van der Waals surface area contributed by atoms with E-state index in [1.54, 1.807) is 15.6 Å². The van der Waals surface area contributed by atoms with Crippen molar-refractivity contribution in [2.75, 3.05) is 26.2 Å². The van der Waals surface area contributed by atoms with E-state index in [9.17, 15) is 14.4 Å². The number of amides is 3. The Morgan fingerprint density at radius 3 is 2.75 bits per heavy atom. The summed E-state index contributed by atoms with van der Waals surface area (Å²) in [4.78, 5) is 42.7. The van der Waals surface area contributed by atoms with Crippen molar-refractivity contribution in [2.45, 2.75) is 71.2 Å². The lowest BCUT2D eigenvalue weighted by Crippen LogP contribution is -2.41. The van der Waals surface area contributed by atoms with Crippen LogP contribution in [0.2, 0.25) is 0 Å². The van der Waals surface area contributed by atoms with Gasteiger partial charge in [0.1, 0.15) is 5.69 Å². The zero-order chi connectivity index (χ0) is 25.5. The third-order valence-electron chi connectivity index (χ3n) is 7.03. The van der Waals surface area contributed by atoms with Gasteiger partial charge < -0.3 is 19.9 Å². The number of fused-ring (bicyclic) bond motifs is 1. The molecule has 1 N–H and O–H groups in total. The lowest BCUT2D eigenvalue weighted by atomic mass is 10.1. The quantitative estimate of drug-likeness (QED) is 0.547. The number of hydrogen-bond acceptors (Lipinski definition) is 5. The molecule has 0 spiro atoms. The topological polar surface area (TPSA) is 96.8 Å². The molecule has 2 atom stereocenters. The predicted octanol–water partition coefficient (Wildman–Crippen LogP) is 2.86. The number of carbonyl (C=O) groups is 3. The van der Waals surface area contributed by atoms with E-state index in [1.165, 1.54) is 0 Å². The minimum absolute atomic E-state index is 0.0600. The molecule has 9 heteroatoms. The van der Waals surface area contributed by atoms with Gasteiger partial charge in [-0.25, -0.2) is 0 Å². The van der Waals surface area contributed by atoms with Crippen LogP contribution in [0.1, 0.15) is 72.5 Å². The highest BCUT2D eigenvalue weighted by molar-refractivity contribution is 5.98. The van der Waals surface area contributed by atoms with E-state index < -0.39 is 0 Å². The summed E-state index contributed by atoms with van der Waals surface area (Å²) in [6.45, 7) is 7.26. The van der Waals surface area contributed by atoms with E-state index in [1.807, 2.05) is 49.1 Å². The van der Waals surface area contributed by atoms with E-state index in [0.717, 1.165) is 37.9 Å². The van der Waals surface area contributed by atoms with Gasteiger partial charge in [-0.05, 0) is 38.2 Å². The van der Waals surface area contributed by atoms with E-state index >= 15 is 0 Å². The van der Waals surface area contributed by atoms with Crippen molar-refractivity contribution in [2.24, 2.45) is 0 Å². The van der Waals surface area contributed by atoms with Crippen LogP contribution in [0.5, 0.6) is 0 Å². The Balaban J connectivity index is 1.42. The largest absolute Gasteiger partial charge is 0.376 e. The number of hydrogen-bond donors (Lipinski definition) is 1. The van der Waals surface area contributed by atoms with Crippen molar-refractivity contribution >= 4 is 17.7 Å². The molecule has 3 amide bonds. The summed E-state index contributed by atoms with van der Waals surface area (Å²) < 4.78 is 7.21. The van der Waals surface area contributed by atoms with E-state index in [4.69, 9.17) is 4.74 Å². The molecule has 0 unspecified atom stereocenters. The number of rotatable bonds is 10. The van der Waals surface area contributed by atoms with Gasteiger partial charge in [-0.2, -0.15) is 5.10 Å². The van der Waals surface area contributed by atoms with Crippen LogP contribution in [-0.4, -0.2) is 75.7 Å². The average molecular weight is 496 g/mol. The summed E-state index contributed by atoms with van der Waals surface area (Å²) in [7, 11) is 0. The van der Waals surface area contributed by atoms with Gasteiger partial charge in [0.2, 0.25) is 5.91 Å². The molecule has 9 nitrogen and oxygen atoms in total. The van der Waals surface area contributed by atoms with Crippen LogP contribution in [0.25, 0.3) is 0 Å². The van der Waals surface area contributed by atoms with Crippen molar-refractivity contribution in [3.8, 4) is 0 Å². The zero-order valence-corrected chi connectivity index (χ0v) is 21.3. The highest BCUT2D eigenvalue weighted by Crippen LogP contribution is 2.19. The maximum absolute atomic E-state index is 13.5. The highest BCUT2D eigenvalue weighted by atomic mass is 16.5. The standard InChI is InChI=1S/C27H37N5O4/c1-3-20(2)31(15-12-25(33)28-18-22-11-7-16-36-22)26(34)23-17-24-27(35)30(13-8-14-32(24)29-23)19-21-9-5-4-6-10-21/h4-6,9-10,17,20,22H,3,7-8,11-16,18-19H2,1-2H3,(H,28,33)/t20-,22+/m0/s1. The Hall–Kier alpha value is -3.20. The molecule has 0 bridgehead atoms. The summed E-state index contributed by atoms with van der Waals surface area (Å²) in [5.41, 5.74) is 1.75. The minimum atomic E-state index is -0.251. The number of carbonyl (C=O) groups excluding carboxylic acids is 3. The highest BCUT2D eigenvalue weighted by Gasteiger charge is 2.29. The third-order valence-corrected chi connectivity index (χ3v) is 7.03. The van der Waals surface area contributed by atoms with Gasteiger partial charge in [0.05, 0.1) is 6.10 Å². The monoisotopic (exact) mass is 495 g/mol. The maximum Gasteiger partial charge on any atom is 0.274 e. The van der Waals surface area contributed by atoms with Crippen molar-refractivity contribution in [3.05, 3.63) is 53.3 Å². The zero-order valence-electron chi connectivity index (χ0n) is 21.3. The fourth-order valence-corrected chi connectivity index (χ4v) is 4.73. The van der Waals surface area contributed by atoms with E-state index in [2.05, 4.69) is 10.4 Å². The first-order valence-electron chi connectivity index (χ1n) is 13.1. The second-order valence-electron chi connectivity index (χ2n) is 9.65. The van der Waals surface area contributed by atoms with Crippen LogP contribution in [-0.2, 0) is 22.6 Å². The normalized spacial score (nSPS) is 18.4. The first kappa shape index (κ1) is 25.9. The maximum atomic E-state index is 13.5. The number of nitrogens with zero attached hydrogens (tertiary/aromatic N) is 4. The van der Waals surface area contributed by atoms with Gasteiger partial charge >= 0.3 is 0 Å². The number of benzene rings is 1. The molecular weight excluding hydrogens is 458 g/mol. The second-order valence-corrected chi connectivity index (χ2v) is 9.65. The molecule has 1 fully saturated rings. The van der Waals surface area contributed by atoms with Crippen LogP contribution in [0.3, 0.4) is 0 Å². The average Bonchev–Trinajstić information content (AvgIpc) is 3.54. The van der Waals surface area contributed by atoms with Gasteiger partial charge in [0.15, 0.2) is 5.69 Å². The predicted molar refractivity (Wildman–Crippen MR) is 135 cm³/mol. The van der Waals surface area contributed by atoms with Gasteiger partial charge in [0, 0.05) is 57.9 Å². The fraction of sp³-hybridized carbons (Fsp3) is 0.556. The van der Waals surface area contributed by atoms with Crippen molar-refractivity contribution in [3.63, 3.8) is 0 Å². The summed E-state index contributed by atoms with van der Waals surface area (Å²) in [6, 6.07) is 11.4. The number of aromatic nitrogens is 2. The molecular formula is C27H37N5O4. The van der Waals surface area contributed by atoms with E-state index in [0.29, 0.717) is 38.4 Å². The Bertz CT molecular complexity index is 1050. The Labute approximate surface area is 212 Å². The van der Waals surface area contributed by atoms with E-state index in [-0.39, 0.29) is 42.0 Å². The molecule has 4 rings (SSSR count). The SMILES string of the molecule is CC[C@H](C)N(CCC(=O)NC[C@H]1CCCO1)C(=O)c1cc2n(n1)CCCN(Cc1ccccc1)C2=O. The molecule has 2 aliphatic rings. The molecule has 1 aromatic heterocycles. The van der Waals surface area contributed by atoms with Crippen molar-refractivity contribution in [1.82, 2.24) is 24.9 Å². The van der Waals surface area contributed by atoms with Gasteiger partial charge in [-0.1, -0.05) is 37.3 Å². The number of nitrogens with one attached hydrogen (secondary N) is 1. The second kappa shape index (κ2) is 12.2. The Kier molecular flexibility index (Phi) is 8.74. The molecule has 2 aromatic rings. The molecule has 194 valence electrons. The summed E-state index contributed by atoms with van der Waals surface area (Å²) in [6.07, 6.45) is 3.80. The Morgan fingerprint density at radius 2 is 2.03 bits per heavy atom. The summed E-state index contributed by atoms with van der Waals surface area (Å²) in [5, 5.41) is 7.44. The summed E-state index contributed by atoms with van der Waals surface area (Å²) >= 11 is 0. The molecule has 1 aromatic carbocycles. The first-order chi connectivity index (χ1) is 17.5. The van der Waals surface area contributed by atoms with Crippen LogP contribution >= 0.6 is 0 Å². The molecule has 36 heavy (non-hydrogen) atoms. The molecule has 0 aliphatic carbocycles. The molecule has 3 heterocycles. The molecule has 1 saturated heterocycles. The molecule has 0 radical (unpaired) electrons. The van der Waals surface area contributed by atoms with Crippen LogP contribution in [0.4, 0.5) is 0 Å². The van der Waals surface area contributed by atoms with Crippen LogP contribution in [0.15, 0.2) is 36.4 Å².